The van der Waals surface area contributed by atoms with Gasteiger partial charge in [0.05, 0.1) is 13.2 Å². The zero-order valence-electron chi connectivity index (χ0n) is 8.40. The van der Waals surface area contributed by atoms with Crippen molar-refractivity contribution < 1.29 is 19.4 Å². The summed E-state index contributed by atoms with van der Waals surface area (Å²) in [6.07, 6.45) is 2.17. The molecular weight excluding hydrogens is 196 g/mol. The van der Waals surface area contributed by atoms with Gasteiger partial charge in [0.25, 0.3) is 0 Å². The first-order chi connectivity index (χ1) is 7.20. The lowest BCUT2D eigenvalue weighted by Gasteiger charge is -2.09. The summed E-state index contributed by atoms with van der Waals surface area (Å²) in [6.45, 7) is 0. The Morgan fingerprint density at radius 1 is 1.47 bits per heavy atom. The third kappa shape index (κ3) is 2.21. The van der Waals surface area contributed by atoms with Crippen LogP contribution >= 0.6 is 0 Å². The predicted molar refractivity (Wildman–Crippen MR) is 53.6 cm³/mol. The number of hydrogen-bond acceptors (Lipinski definition) is 3. The van der Waals surface area contributed by atoms with Crippen molar-refractivity contribution in [2.24, 2.45) is 0 Å². The fourth-order valence-electron chi connectivity index (χ4n) is 1.27. The van der Waals surface area contributed by atoms with Crippen LogP contribution < -0.4 is 9.47 Å². The number of benzene rings is 1. The molecule has 4 nitrogen and oxygen atoms in total. The molecule has 15 heavy (non-hydrogen) atoms. The molecule has 1 aromatic rings. The molecule has 1 aromatic carbocycles. The highest BCUT2D eigenvalue weighted by Gasteiger charge is 2.25. The van der Waals surface area contributed by atoms with Gasteiger partial charge in [0, 0.05) is 6.07 Å². The van der Waals surface area contributed by atoms with Crippen molar-refractivity contribution in [1.29, 1.82) is 0 Å². The van der Waals surface area contributed by atoms with Gasteiger partial charge in [0.1, 0.15) is 17.1 Å². The second-order valence-electron chi connectivity index (χ2n) is 3.48. The van der Waals surface area contributed by atoms with Crippen LogP contribution in [0.4, 0.5) is 0 Å². The lowest BCUT2D eigenvalue weighted by molar-refractivity contribution is 0.0692. The summed E-state index contributed by atoms with van der Waals surface area (Å²) in [6, 6.07) is 4.73. The average Bonchev–Trinajstić information content (AvgIpc) is 3.01. The van der Waals surface area contributed by atoms with E-state index in [4.69, 9.17) is 14.6 Å². The number of carboxylic acids is 1. The molecule has 4 heteroatoms. The second kappa shape index (κ2) is 3.81. The lowest BCUT2D eigenvalue weighted by atomic mass is 10.2. The van der Waals surface area contributed by atoms with Crippen LogP contribution in [0.5, 0.6) is 11.5 Å². The fourth-order valence-corrected chi connectivity index (χ4v) is 1.27. The highest BCUT2D eigenvalue weighted by atomic mass is 16.5. The number of rotatable bonds is 4. The van der Waals surface area contributed by atoms with E-state index in [-0.39, 0.29) is 11.7 Å². The highest BCUT2D eigenvalue weighted by molar-refractivity contribution is 5.91. The van der Waals surface area contributed by atoms with Crippen molar-refractivity contribution in [1.82, 2.24) is 0 Å². The van der Waals surface area contributed by atoms with E-state index in [1.54, 1.807) is 12.1 Å². The molecule has 1 N–H and O–H groups in total. The van der Waals surface area contributed by atoms with Gasteiger partial charge in [0.15, 0.2) is 0 Å². The van der Waals surface area contributed by atoms with Crippen molar-refractivity contribution in [3.8, 4) is 11.5 Å². The van der Waals surface area contributed by atoms with Gasteiger partial charge in [-0.1, -0.05) is 0 Å². The Balaban J connectivity index is 2.30. The quantitative estimate of drug-likeness (QED) is 0.821. The number of ether oxygens (including phenoxy) is 2. The molecule has 0 bridgehead atoms. The van der Waals surface area contributed by atoms with Gasteiger partial charge in [-0.15, -0.1) is 0 Å². The topological polar surface area (TPSA) is 55.8 Å². The summed E-state index contributed by atoms with van der Waals surface area (Å²) in [7, 11) is 1.54. The number of hydrogen-bond donors (Lipinski definition) is 1. The molecule has 1 aliphatic carbocycles. The summed E-state index contributed by atoms with van der Waals surface area (Å²) in [5.74, 6) is 0.0216. The van der Waals surface area contributed by atoms with Crippen molar-refractivity contribution in [2.75, 3.05) is 7.11 Å². The molecule has 80 valence electrons. The van der Waals surface area contributed by atoms with Crippen molar-refractivity contribution >= 4 is 5.97 Å². The molecule has 0 heterocycles. The number of carboxylic acid groups (broad SMARTS) is 1. The van der Waals surface area contributed by atoms with E-state index in [1.165, 1.54) is 13.2 Å². The zero-order valence-corrected chi connectivity index (χ0v) is 8.40. The van der Waals surface area contributed by atoms with Gasteiger partial charge in [-0.3, -0.25) is 0 Å². The third-order valence-electron chi connectivity index (χ3n) is 2.24. The van der Waals surface area contributed by atoms with E-state index in [0.29, 0.717) is 11.5 Å². The first kappa shape index (κ1) is 9.83. The average molecular weight is 208 g/mol. The van der Waals surface area contributed by atoms with E-state index in [9.17, 15) is 4.79 Å². The molecule has 0 amide bonds. The maximum absolute atomic E-state index is 10.9. The minimum atomic E-state index is -0.978. The van der Waals surface area contributed by atoms with Crippen LogP contribution in [0.1, 0.15) is 23.2 Å². The number of aromatic carboxylic acids is 1. The number of methoxy groups -OCH3 is 1. The Morgan fingerprint density at radius 2 is 2.20 bits per heavy atom. The van der Waals surface area contributed by atoms with Gasteiger partial charge in [0.2, 0.25) is 0 Å². The third-order valence-corrected chi connectivity index (χ3v) is 2.24. The summed E-state index contributed by atoms with van der Waals surface area (Å²) >= 11 is 0. The Morgan fingerprint density at radius 3 is 2.73 bits per heavy atom. The fraction of sp³-hybridized carbons (Fsp3) is 0.364. The molecule has 0 unspecified atom stereocenters. The molecule has 1 aliphatic rings. The summed E-state index contributed by atoms with van der Waals surface area (Å²) < 4.78 is 10.5. The van der Waals surface area contributed by atoms with Crippen LogP contribution in [0.3, 0.4) is 0 Å². The van der Waals surface area contributed by atoms with Crippen LogP contribution in [0, 0.1) is 0 Å². The Hall–Kier alpha value is -1.71. The normalized spacial score (nSPS) is 14.7. The molecular formula is C11H12O4. The van der Waals surface area contributed by atoms with Gasteiger partial charge < -0.3 is 14.6 Å². The smallest absolute Gasteiger partial charge is 0.339 e. The lowest BCUT2D eigenvalue weighted by Crippen LogP contribution is -2.04. The monoisotopic (exact) mass is 208 g/mol. The molecule has 0 aliphatic heterocycles. The van der Waals surface area contributed by atoms with Crippen molar-refractivity contribution in [2.45, 2.75) is 18.9 Å². The summed E-state index contributed by atoms with van der Waals surface area (Å²) in [5.41, 5.74) is 0.183. The first-order valence-electron chi connectivity index (χ1n) is 4.78. The first-order valence-corrected chi connectivity index (χ1v) is 4.78. The van der Waals surface area contributed by atoms with Crippen LogP contribution in [-0.2, 0) is 0 Å². The maximum atomic E-state index is 10.9. The molecule has 0 radical (unpaired) electrons. The highest BCUT2D eigenvalue weighted by Crippen LogP contribution is 2.31. The maximum Gasteiger partial charge on any atom is 0.339 e. The molecule has 1 fully saturated rings. The zero-order chi connectivity index (χ0) is 10.8. The Kier molecular flexibility index (Phi) is 2.49. The van der Waals surface area contributed by atoms with E-state index in [1.807, 2.05) is 0 Å². The van der Waals surface area contributed by atoms with Gasteiger partial charge in [-0.25, -0.2) is 4.79 Å². The van der Waals surface area contributed by atoms with Crippen LogP contribution in [0.2, 0.25) is 0 Å². The molecule has 1 saturated carbocycles. The van der Waals surface area contributed by atoms with Crippen LogP contribution in [0.15, 0.2) is 18.2 Å². The second-order valence-corrected chi connectivity index (χ2v) is 3.48. The van der Waals surface area contributed by atoms with E-state index in [0.717, 1.165) is 12.8 Å². The molecule has 0 aromatic heterocycles. The van der Waals surface area contributed by atoms with Gasteiger partial charge >= 0.3 is 5.97 Å². The summed E-state index contributed by atoms with van der Waals surface area (Å²) in [4.78, 5) is 10.9. The molecule has 0 saturated heterocycles. The van der Waals surface area contributed by atoms with Crippen LogP contribution in [-0.4, -0.2) is 24.3 Å². The van der Waals surface area contributed by atoms with Gasteiger partial charge in [-0.2, -0.15) is 0 Å². The minimum Gasteiger partial charge on any atom is -0.497 e. The summed E-state index contributed by atoms with van der Waals surface area (Å²) in [5, 5.41) is 8.94. The predicted octanol–water partition coefficient (Wildman–Crippen LogP) is 1.93. The van der Waals surface area contributed by atoms with E-state index >= 15 is 0 Å². The van der Waals surface area contributed by atoms with Crippen molar-refractivity contribution in [3.63, 3.8) is 0 Å². The SMILES string of the molecule is COc1ccc(C(=O)O)c(OC2CC2)c1. The van der Waals surface area contributed by atoms with Gasteiger partial charge in [-0.05, 0) is 25.0 Å². The molecule has 2 rings (SSSR count). The minimum absolute atomic E-state index is 0.176. The van der Waals surface area contributed by atoms with Crippen LogP contribution in [0.25, 0.3) is 0 Å². The van der Waals surface area contributed by atoms with Crippen molar-refractivity contribution in [3.05, 3.63) is 23.8 Å². The molecule has 0 atom stereocenters. The Labute approximate surface area is 87.4 Å². The largest absolute Gasteiger partial charge is 0.497 e. The Bertz CT molecular complexity index is 382. The number of carbonyl (C=O) groups is 1. The van der Waals surface area contributed by atoms with E-state index in [2.05, 4.69) is 0 Å². The molecule has 0 spiro atoms. The standard InChI is InChI=1S/C11H12O4/c1-14-8-4-5-9(11(12)13)10(6-8)15-7-2-3-7/h4-7H,2-3H2,1H3,(H,12,13). The van der Waals surface area contributed by atoms with E-state index < -0.39 is 5.97 Å².